The molecule has 0 aromatic rings. The summed E-state index contributed by atoms with van der Waals surface area (Å²) in [6.45, 7) is 8.64. The summed E-state index contributed by atoms with van der Waals surface area (Å²) in [4.78, 5) is 2.33. The van der Waals surface area contributed by atoms with E-state index in [9.17, 15) is 0 Å². The number of hydrogen-bond acceptors (Lipinski definition) is 2. The van der Waals surface area contributed by atoms with Gasteiger partial charge in [0.15, 0.2) is 0 Å². The third-order valence-corrected chi connectivity index (χ3v) is 3.01. The van der Waals surface area contributed by atoms with Gasteiger partial charge in [-0.05, 0) is 26.4 Å². The third-order valence-electron chi connectivity index (χ3n) is 3.01. The van der Waals surface area contributed by atoms with Crippen molar-refractivity contribution in [3.8, 4) is 0 Å². The Labute approximate surface area is 102 Å². The topological polar surface area (TPSA) is 12.5 Å². The fourth-order valence-electron chi connectivity index (χ4n) is 1.68. The maximum absolute atomic E-state index is 5.61. The molecule has 0 aliphatic rings. The van der Waals surface area contributed by atoms with Gasteiger partial charge in [-0.15, -0.1) is 0 Å². The van der Waals surface area contributed by atoms with Crippen molar-refractivity contribution in [1.29, 1.82) is 0 Å². The molecule has 0 unspecified atom stereocenters. The quantitative estimate of drug-likeness (QED) is 0.473. The average Bonchev–Trinajstić information content (AvgIpc) is 2.31. The summed E-state index contributed by atoms with van der Waals surface area (Å²) in [6, 6.07) is 0. The largest absolute Gasteiger partial charge is 0.381 e. The molecule has 0 fully saturated rings. The number of nitrogens with zero attached hydrogens (tertiary/aromatic N) is 1. The van der Waals surface area contributed by atoms with Crippen LogP contribution < -0.4 is 0 Å². The van der Waals surface area contributed by atoms with E-state index in [4.69, 9.17) is 4.74 Å². The molecular weight excluding hydrogens is 198 g/mol. The highest BCUT2D eigenvalue weighted by Gasteiger charge is 1.94. The first kappa shape index (κ1) is 15.9. The molecule has 0 N–H and O–H groups in total. The monoisotopic (exact) mass is 229 g/mol. The molecule has 0 aliphatic carbocycles. The van der Waals surface area contributed by atoms with Crippen LogP contribution in [0.15, 0.2) is 0 Å². The molecule has 0 atom stereocenters. The summed E-state index contributed by atoms with van der Waals surface area (Å²) < 4.78 is 5.61. The second-order valence-corrected chi connectivity index (χ2v) is 4.63. The molecule has 0 amide bonds. The molecule has 16 heavy (non-hydrogen) atoms. The van der Waals surface area contributed by atoms with E-state index in [2.05, 4.69) is 25.8 Å². The first-order valence-corrected chi connectivity index (χ1v) is 7.07. The van der Waals surface area contributed by atoms with Gasteiger partial charge < -0.3 is 9.64 Å². The second-order valence-electron chi connectivity index (χ2n) is 4.63. The minimum Gasteiger partial charge on any atom is -0.381 e. The maximum Gasteiger partial charge on any atom is 0.0478 e. The second kappa shape index (κ2) is 13.0. The molecule has 2 heteroatoms. The molecule has 0 saturated carbocycles. The van der Waals surface area contributed by atoms with Gasteiger partial charge in [0, 0.05) is 19.8 Å². The highest BCUT2D eigenvalue weighted by atomic mass is 16.5. The van der Waals surface area contributed by atoms with Gasteiger partial charge >= 0.3 is 0 Å². The van der Waals surface area contributed by atoms with Crippen LogP contribution in [0, 0.1) is 0 Å². The number of ether oxygens (including phenoxy) is 1. The summed E-state index contributed by atoms with van der Waals surface area (Å²) >= 11 is 0. The Bertz CT molecular complexity index is 128. The van der Waals surface area contributed by atoms with Gasteiger partial charge in [0.2, 0.25) is 0 Å². The lowest BCUT2D eigenvalue weighted by molar-refractivity contribution is 0.120. The van der Waals surface area contributed by atoms with Crippen LogP contribution in [0.2, 0.25) is 0 Å². The van der Waals surface area contributed by atoms with E-state index in [0.717, 1.165) is 26.3 Å². The molecule has 2 nitrogen and oxygen atoms in total. The van der Waals surface area contributed by atoms with Crippen molar-refractivity contribution in [3.63, 3.8) is 0 Å². The van der Waals surface area contributed by atoms with Gasteiger partial charge in [-0.3, -0.25) is 0 Å². The van der Waals surface area contributed by atoms with Crippen molar-refractivity contribution < 1.29 is 4.74 Å². The Morgan fingerprint density at radius 2 is 1.44 bits per heavy atom. The van der Waals surface area contributed by atoms with Crippen LogP contribution in [-0.2, 0) is 4.74 Å². The van der Waals surface area contributed by atoms with Crippen molar-refractivity contribution in [2.45, 2.75) is 58.8 Å². The predicted octanol–water partition coefficient (Wildman–Crippen LogP) is 3.71. The Morgan fingerprint density at radius 3 is 2.12 bits per heavy atom. The average molecular weight is 229 g/mol. The van der Waals surface area contributed by atoms with Gasteiger partial charge in [0.25, 0.3) is 0 Å². The summed E-state index contributed by atoms with van der Waals surface area (Å²) in [7, 11) is 2.16. The maximum atomic E-state index is 5.61. The summed E-state index contributed by atoms with van der Waals surface area (Å²) in [5.41, 5.74) is 0. The Hall–Kier alpha value is -0.0800. The van der Waals surface area contributed by atoms with E-state index in [1.165, 1.54) is 44.9 Å². The zero-order chi connectivity index (χ0) is 12.1. The Morgan fingerprint density at radius 1 is 0.812 bits per heavy atom. The smallest absolute Gasteiger partial charge is 0.0478 e. The lowest BCUT2D eigenvalue weighted by atomic mass is 10.1. The lowest BCUT2D eigenvalue weighted by Crippen LogP contribution is -2.20. The van der Waals surface area contributed by atoms with Crippen LogP contribution in [0.25, 0.3) is 0 Å². The SMILES string of the molecule is CCCCCCCCOCCCN(C)CC. The highest BCUT2D eigenvalue weighted by Crippen LogP contribution is 2.04. The normalized spacial score (nSPS) is 11.2. The van der Waals surface area contributed by atoms with E-state index in [0.29, 0.717) is 0 Å². The van der Waals surface area contributed by atoms with Crippen LogP contribution >= 0.6 is 0 Å². The Kier molecular flexibility index (Phi) is 12.9. The highest BCUT2D eigenvalue weighted by molar-refractivity contribution is 4.47. The molecule has 98 valence electrons. The number of rotatable bonds is 12. The number of hydrogen-bond donors (Lipinski definition) is 0. The van der Waals surface area contributed by atoms with Crippen LogP contribution in [0.5, 0.6) is 0 Å². The lowest BCUT2D eigenvalue weighted by Gasteiger charge is -2.13. The van der Waals surface area contributed by atoms with Gasteiger partial charge in [0.1, 0.15) is 0 Å². The molecule has 0 saturated heterocycles. The molecule has 0 heterocycles. The zero-order valence-electron chi connectivity index (χ0n) is 11.6. The van der Waals surface area contributed by atoms with Gasteiger partial charge in [-0.25, -0.2) is 0 Å². The van der Waals surface area contributed by atoms with Crippen LogP contribution in [0.3, 0.4) is 0 Å². The molecule has 0 aromatic carbocycles. The van der Waals surface area contributed by atoms with E-state index < -0.39 is 0 Å². The molecule has 0 rings (SSSR count). The van der Waals surface area contributed by atoms with Crippen LogP contribution in [-0.4, -0.2) is 38.3 Å². The summed E-state index contributed by atoms with van der Waals surface area (Å²) in [6.07, 6.45) is 9.27. The van der Waals surface area contributed by atoms with Crippen molar-refractivity contribution in [2.24, 2.45) is 0 Å². The zero-order valence-corrected chi connectivity index (χ0v) is 11.6. The molecule has 0 radical (unpaired) electrons. The van der Waals surface area contributed by atoms with E-state index in [-0.39, 0.29) is 0 Å². The molecule has 0 aliphatic heterocycles. The van der Waals surface area contributed by atoms with Crippen LogP contribution in [0.4, 0.5) is 0 Å². The number of unbranched alkanes of at least 4 members (excludes halogenated alkanes) is 5. The molecule has 0 bridgehead atoms. The van der Waals surface area contributed by atoms with Crippen molar-refractivity contribution >= 4 is 0 Å². The van der Waals surface area contributed by atoms with Crippen molar-refractivity contribution in [3.05, 3.63) is 0 Å². The van der Waals surface area contributed by atoms with Gasteiger partial charge in [-0.2, -0.15) is 0 Å². The van der Waals surface area contributed by atoms with Crippen molar-refractivity contribution in [2.75, 3.05) is 33.4 Å². The first-order valence-electron chi connectivity index (χ1n) is 7.07. The van der Waals surface area contributed by atoms with E-state index in [1.807, 2.05) is 0 Å². The minimum absolute atomic E-state index is 0.930. The van der Waals surface area contributed by atoms with Crippen molar-refractivity contribution in [1.82, 2.24) is 4.90 Å². The predicted molar refractivity (Wildman–Crippen MR) is 72.0 cm³/mol. The van der Waals surface area contributed by atoms with E-state index >= 15 is 0 Å². The fourth-order valence-corrected chi connectivity index (χ4v) is 1.68. The first-order chi connectivity index (χ1) is 7.81. The minimum atomic E-state index is 0.930. The van der Waals surface area contributed by atoms with Gasteiger partial charge in [-0.1, -0.05) is 46.0 Å². The van der Waals surface area contributed by atoms with Crippen LogP contribution in [0.1, 0.15) is 58.8 Å². The molecule has 0 spiro atoms. The third kappa shape index (κ3) is 12.0. The van der Waals surface area contributed by atoms with Gasteiger partial charge in [0.05, 0.1) is 0 Å². The summed E-state index contributed by atoms with van der Waals surface area (Å²) in [5, 5.41) is 0. The Balaban J connectivity index is 2.93. The molecular formula is C14H31NO. The standard InChI is InChI=1S/C14H31NO/c1-4-6-7-8-9-10-13-16-14-11-12-15(3)5-2/h4-14H2,1-3H3. The molecule has 0 aromatic heterocycles. The summed E-state index contributed by atoms with van der Waals surface area (Å²) in [5.74, 6) is 0. The van der Waals surface area contributed by atoms with E-state index in [1.54, 1.807) is 0 Å². The fraction of sp³-hybridized carbons (Fsp3) is 1.00.